The Morgan fingerprint density at radius 2 is 1.61 bits per heavy atom. The first-order chi connectivity index (χ1) is 8.76. The highest BCUT2D eigenvalue weighted by molar-refractivity contribution is 5.05. The normalized spacial score (nSPS) is 46.9. The molecule has 5 saturated carbocycles. The van der Waals surface area contributed by atoms with Crippen LogP contribution in [0.1, 0.15) is 51.4 Å². The van der Waals surface area contributed by atoms with Crippen molar-refractivity contribution >= 4 is 0 Å². The van der Waals surface area contributed by atoms with Crippen LogP contribution < -0.4 is 5.32 Å². The quantitative estimate of drug-likeness (QED) is 0.825. The van der Waals surface area contributed by atoms with Gasteiger partial charge in [0.15, 0.2) is 0 Å². The van der Waals surface area contributed by atoms with Crippen molar-refractivity contribution in [2.45, 2.75) is 57.4 Å². The Labute approximate surface area is 110 Å². The van der Waals surface area contributed by atoms with Crippen molar-refractivity contribution in [3.05, 3.63) is 0 Å². The zero-order valence-electron chi connectivity index (χ0n) is 11.2. The van der Waals surface area contributed by atoms with Gasteiger partial charge in [0.25, 0.3) is 0 Å². The van der Waals surface area contributed by atoms with E-state index in [9.17, 15) is 5.26 Å². The SMILES string of the molecule is N#CC(NCC12CC3CC(CC(C3)C1)C2)C1CC1. The molecule has 0 aliphatic heterocycles. The van der Waals surface area contributed by atoms with Gasteiger partial charge in [0, 0.05) is 6.54 Å². The maximum atomic E-state index is 9.24. The third-order valence-electron chi connectivity index (χ3n) is 6.09. The minimum Gasteiger partial charge on any atom is -0.301 e. The van der Waals surface area contributed by atoms with Crippen LogP contribution in [0.3, 0.4) is 0 Å². The highest BCUT2D eigenvalue weighted by Crippen LogP contribution is 2.59. The van der Waals surface area contributed by atoms with Crippen molar-refractivity contribution in [3.63, 3.8) is 0 Å². The summed E-state index contributed by atoms with van der Waals surface area (Å²) in [6.07, 6.45) is 11.5. The molecule has 1 atom stereocenters. The van der Waals surface area contributed by atoms with Crippen molar-refractivity contribution in [2.24, 2.45) is 29.1 Å². The number of hydrogen-bond donors (Lipinski definition) is 1. The van der Waals surface area contributed by atoms with Crippen LogP contribution in [0.15, 0.2) is 0 Å². The minimum absolute atomic E-state index is 0.151. The maximum absolute atomic E-state index is 9.24. The van der Waals surface area contributed by atoms with Crippen molar-refractivity contribution < 1.29 is 0 Å². The second-order valence-corrected chi connectivity index (χ2v) is 7.74. The number of rotatable bonds is 4. The molecule has 0 heterocycles. The van der Waals surface area contributed by atoms with Gasteiger partial charge in [-0.25, -0.2) is 0 Å². The topological polar surface area (TPSA) is 35.8 Å². The Morgan fingerprint density at radius 1 is 1.06 bits per heavy atom. The summed E-state index contributed by atoms with van der Waals surface area (Å²) in [6, 6.07) is 2.64. The Kier molecular flexibility index (Phi) is 2.49. The first-order valence-electron chi connectivity index (χ1n) is 7.89. The zero-order chi connectivity index (χ0) is 12.2. The summed E-state index contributed by atoms with van der Waals surface area (Å²) in [5.41, 5.74) is 0.582. The summed E-state index contributed by atoms with van der Waals surface area (Å²) in [6.45, 7) is 1.13. The molecule has 5 aliphatic rings. The van der Waals surface area contributed by atoms with E-state index in [0.717, 1.165) is 24.3 Å². The molecule has 0 aromatic heterocycles. The fraction of sp³-hybridized carbons (Fsp3) is 0.938. The monoisotopic (exact) mass is 244 g/mol. The summed E-state index contributed by atoms with van der Waals surface area (Å²) in [4.78, 5) is 0. The summed E-state index contributed by atoms with van der Waals surface area (Å²) in [7, 11) is 0. The summed E-state index contributed by atoms with van der Waals surface area (Å²) in [5, 5.41) is 12.9. The second kappa shape index (κ2) is 3.97. The highest BCUT2D eigenvalue weighted by Gasteiger charge is 2.50. The molecule has 2 nitrogen and oxygen atoms in total. The van der Waals surface area contributed by atoms with E-state index in [1.165, 1.54) is 51.4 Å². The first kappa shape index (κ1) is 11.3. The highest BCUT2D eigenvalue weighted by atomic mass is 14.9. The van der Waals surface area contributed by atoms with E-state index in [2.05, 4.69) is 11.4 Å². The van der Waals surface area contributed by atoms with Gasteiger partial charge in [-0.2, -0.15) is 5.26 Å². The van der Waals surface area contributed by atoms with Gasteiger partial charge < -0.3 is 5.32 Å². The molecule has 0 aromatic rings. The van der Waals surface area contributed by atoms with Gasteiger partial charge in [0.1, 0.15) is 0 Å². The predicted octanol–water partition coefficient (Wildman–Crippen LogP) is 3.09. The van der Waals surface area contributed by atoms with Crippen molar-refractivity contribution in [1.29, 1.82) is 5.26 Å². The molecule has 0 radical (unpaired) electrons. The van der Waals surface area contributed by atoms with Crippen LogP contribution in [0.5, 0.6) is 0 Å². The molecule has 5 rings (SSSR count). The molecular weight excluding hydrogens is 220 g/mol. The summed E-state index contributed by atoms with van der Waals surface area (Å²) >= 11 is 0. The van der Waals surface area contributed by atoms with E-state index in [-0.39, 0.29) is 6.04 Å². The van der Waals surface area contributed by atoms with E-state index >= 15 is 0 Å². The molecule has 0 aromatic carbocycles. The van der Waals surface area contributed by atoms with Gasteiger partial charge in [-0.3, -0.25) is 0 Å². The summed E-state index contributed by atoms with van der Waals surface area (Å²) in [5.74, 6) is 3.75. The van der Waals surface area contributed by atoms with Crippen molar-refractivity contribution in [3.8, 4) is 6.07 Å². The standard InChI is InChI=1S/C16H24N2/c17-9-15(14-1-2-14)18-10-16-6-11-3-12(7-16)5-13(4-11)8-16/h11-15,18H,1-8,10H2. The Bertz CT molecular complexity index is 342. The molecule has 5 aliphatic carbocycles. The molecule has 5 fully saturated rings. The summed E-state index contributed by atoms with van der Waals surface area (Å²) < 4.78 is 0. The van der Waals surface area contributed by atoms with Crippen LogP contribution in [0.2, 0.25) is 0 Å². The van der Waals surface area contributed by atoms with Crippen LogP contribution in [0, 0.1) is 40.4 Å². The number of hydrogen-bond acceptors (Lipinski definition) is 2. The van der Waals surface area contributed by atoms with Gasteiger partial charge in [-0.15, -0.1) is 0 Å². The lowest BCUT2D eigenvalue weighted by Gasteiger charge is -2.57. The predicted molar refractivity (Wildman–Crippen MR) is 70.7 cm³/mol. The molecule has 0 amide bonds. The average molecular weight is 244 g/mol. The molecule has 2 heteroatoms. The molecular formula is C16H24N2. The Balaban J connectivity index is 1.43. The number of nitriles is 1. The van der Waals surface area contributed by atoms with Gasteiger partial charge in [0.05, 0.1) is 12.1 Å². The fourth-order valence-electron chi connectivity index (χ4n) is 5.58. The van der Waals surface area contributed by atoms with Crippen molar-refractivity contribution in [2.75, 3.05) is 6.54 Å². The minimum atomic E-state index is 0.151. The lowest BCUT2D eigenvalue weighted by Crippen LogP contribution is -2.51. The number of nitrogens with zero attached hydrogens (tertiary/aromatic N) is 1. The first-order valence-corrected chi connectivity index (χ1v) is 7.89. The van der Waals surface area contributed by atoms with Gasteiger partial charge in [0.2, 0.25) is 0 Å². The Hall–Kier alpha value is -0.550. The van der Waals surface area contributed by atoms with E-state index in [0.29, 0.717) is 11.3 Å². The average Bonchev–Trinajstić information content (AvgIpc) is 3.12. The van der Waals surface area contributed by atoms with Crippen LogP contribution in [0.25, 0.3) is 0 Å². The van der Waals surface area contributed by atoms with Crippen LogP contribution in [-0.2, 0) is 0 Å². The van der Waals surface area contributed by atoms with Crippen LogP contribution in [0.4, 0.5) is 0 Å². The maximum Gasteiger partial charge on any atom is 0.0981 e. The molecule has 98 valence electrons. The molecule has 0 spiro atoms. The fourth-order valence-corrected chi connectivity index (χ4v) is 5.58. The Morgan fingerprint density at radius 3 is 2.06 bits per heavy atom. The van der Waals surface area contributed by atoms with Crippen LogP contribution >= 0.6 is 0 Å². The molecule has 1 unspecified atom stereocenters. The van der Waals surface area contributed by atoms with Gasteiger partial charge in [-0.05, 0) is 80.5 Å². The largest absolute Gasteiger partial charge is 0.301 e. The second-order valence-electron chi connectivity index (χ2n) is 7.74. The molecule has 4 bridgehead atoms. The molecule has 0 saturated heterocycles. The molecule has 18 heavy (non-hydrogen) atoms. The third kappa shape index (κ3) is 1.88. The lowest BCUT2D eigenvalue weighted by molar-refractivity contribution is -0.0520. The van der Waals surface area contributed by atoms with Gasteiger partial charge >= 0.3 is 0 Å². The lowest BCUT2D eigenvalue weighted by atomic mass is 9.49. The van der Waals surface area contributed by atoms with E-state index in [4.69, 9.17) is 0 Å². The third-order valence-corrected chi connectivity index (χ3v) is 6.09. The zero-order valence-corrected chi connectivity index (χ0v) is 11.2. The van der Waals surface area contributed by atoms with Crippen molar-refractivity contribution in [1.82, 2.24) is 5.32 Å². The van der Waals surface area contributed by atoms with E-state index in [1.54, 1.807) is 0 Å². The number of nitrogens with one attached hydrogen (secondary N) is 1. The smallest absolute Gasteiger partial charge is 0.0981 e. The molecule has 1 N–H and O–H groups in total. The van der Waals surface area contributed by atoms with E-state index in [1.807, 2.05) is 0 Å². The van der Waals surface area contributed by atoms with Gasteiger partial charge in [-0.1, -0.05) is 0 Å². The van der Waals surface area contributed by atoms with Crippen LogP contribution in [-0.4, -0.2) is 12.6 Å². The van der Waals surface area contributed by atoms with E-state index < -0.39 is 0 Å².